The molecule has 2 aliphatic carbocycles. The molecule has 1 saturated heterocycles. The summed E-state index contributed by atoms with van der Waals surface area (Å²) in [6, 6.07) is 15.8. The van der Waals surface area contributed by atoms with Gasteiger partial charge in [-0.25, -0.2) is 0 Å². The number of likely N-dealkylation sites (tertiary alicyclic amines) is 1. The molecule has 130 valence electrons. The molecule has 1 saturated carbocycles. The first-order valence-electron chi connectivity index (χ1n) is 9.82. The Kier molecular flexibility index (Phi) is 3.91. The van der Waals surface area contributed by atoms with E-state index in [4.69, 9.17) is 4.74 Å². The minimum atomic E-state index is 0.324. The SMILES string of the molecule is COC1CCCN1CC1=C(c2ccc3ccccc3c2)C2CCC1C2. The van der Waals surface area contributed by atoms with Gasteiger partial charge in [-0.1, -0.05) is 36.4 Å². The fraction of sp³-hybridized carbons (Fsp3) is 0.478. The second-order valence-electron chi connectivity index (χ2n) is 8.01. The predicted molar refractivity (Wildman–Crippen MR) is 103 cm³/mol. The Hall–Kier alpha value is -1.64. The summed E-state index contributed by atoms with van der Waals surface area (Å²) >= 11 is 0. The second kappa shape index (κ2) is 6.26. The first-order chi connectivity index (χ1) is 12.3. The number of methoxy groups -OCH3 is 1. The minimum absolute atomic E-state index is 0.324. The largest absolute Gasteiger partial charge is 0.366 e. The summed E-state index contributed by atoms with van der Waals surface area (Å²) in [5.74, 6) is 1.59. The van der Waals surface area contributed by atoms with Gasteiger partial charge in [-0.15, -0.1) is 0 Å². The maximum Gasteiger partial charge on any atom is 0.110 e. The number of allylic oxidation sites excluding steroid dienone is 1. The van der Waals surface area contributed by atoms with Crippen molar-refractivity contribution in [3.63, 3.8) is 0 Å². The van der Waals surface area contributed by atoms with Crippen LogP contribution >= 0.6 is 0 Å². The van der Waals surface area contributed by atoms with E-state index < -0.39 is 0 Å². The standard InChI is InChI=1S/C23H27NO/c1-25-22-7-4-12-24(22)15-21-18-9-11-20(14-18)23(21)19-10-8-16-5-2-3-6-17(16)13-19/h2-3,5-6,8,10,13,18,20,22H,4,7,9,11-12,14-15H2,1H3. The fourth-order valence-electron chi connectivity index (χ4n) is 5.50. The summed E-state index contributed by atoms with van der Waals surface area (Å²) in [6.07, 6.45) is 6.92. The summed E-state index contributed by atoms with van der Waals surface area (Å²) in [7, 11) is 1.86. The van der Waals surface area contributed by atoms with Crippen LogP contribution in [0, 0.1) is 11.8 Å². The molecule has 2 bridgehead atoms. The van der Waals surface area contributed by atoms with Gasteiger partial charge < -0.3 is 4.74 Å². The molecule has 2 aromatic carbocycles. The number of nitrogens with zero attached hydrogens (tertiary/aromatic N) is 1. The van der Waals surface area contributed by atoms with Crippen LogP contribution in [0.25, 0.3) is 16.3 Å². The normalized spacial score (nSPS) is 29.2. The van der Waals surface area contributed by atoms with Crippen molar-refractivity contribution in [2.75, 3.05) is 20.2 Å². The lowest BCUT2D eigenvalue weighted by Crippen LogP contribution is -2.33. The highest BCUT2D eigenvalue weighted by Gasteiger charge is 2.40. The van der Waals surface area contributed by atoms with Crippen molar-refractivity contribution in [1.82, 2.24) is 4.90 Å². The average Bonchev–Trinajstić information content (AvgIpc) is 3.37. The lowest BCUT2D eigenvalue weighted by molar-refractivity contribution is 0.000497. The Morgan fingerprint density at radius 1 is 1.00 bits per heavy atom. The molecule has 0 amide bonds. The van der Waals surface area contributed by atoms with Crippen molar-refractivity contribution >= 4 is 16.3 Å². The van der Waals surface area contributed by atoms with Crippen molar-refractivity contribution < 1.29 is 4.74 Å². The quantitative estimate of drug-likeness (QED) is 0.772. The van der Waals surface area contributed by atoms with Crippen LogP contribution in [0.1, 0.15) is 37.7 Å². The molecule has 3 unspecified atom stereocenters. The van der Waals surface area contributed by atoms with Gasteiger partial charge in [0.25, 0.3) is 0 Å². The summed E-state index contributed by atoms with van der Waals surface area (Å²) in [6.45, 7) is 2.30. The first kappa shape index (κ1) is 15.6. The molecule has 0 aromatic heterocycles. The van der Waals surface area contributed by atoms with Gasteiger partial charge in [0.1, 0.15) is 6.23 Å². The molecule has 2 heteroatoms. The van der Waals surface area contributed by atoms with Crippen molar-refractivity contribution in [2.24, 2.45) is 11.8 Å². The van der Waals surface area contributed by atoms with Crippen molar-refractivity contribution in [3.05, 3.63) is 53.6 Å². The molecule has 5 rings (SSSR count). The Morgan fingerprint density at radius 3 is 2.72 bits per heavy atom. The molecular weight excluding hydrogens is 306 g/mol. The fourth-order valence-corrected chi connectivity index (χ4v) is 5.50. The van der Waals surface area contributed by atoms with Crippen molar-refractivity contribution in [1.29, 1.82) is 0 Å². The van der Waals surface area contributed by atoms with Gasteiger partial charge >= 0.3 is 0 Å². The van der Waals surface area contributed by atoms with Crippen LogP contribution in [0.15, 0.2) is 48.0 Å². The van der Waals surface area contributed by atoms with Crippen molar-refractivity contribution in [3.8, 4) is 0 Å². The molecule has 1 aliphatic heterocycles. The van der Waals surface area contributed by atoms with Crippen LogP contribution in [0.3, 0.4) is 0 Å². The number of ether oxygens (including phenoxy) is 1. The van der Waals surface area contributed by atoms with E-state index in [1.165, 1.54) is 55.0 Å². The van der Waals surface area contributed by atoms with Gasteiger partial charge in [0.2, 0.25) is 0 Å². The van der Waals surface area contributed by atoms with E-state index in [1.807, 2.05) is 7.11 Å². The van der Waals surface area contributed by atoms with Gasteiger partial charge in [0.05, 0.1) is 0 Å². The van der Waals surface area contributed by atoms with E-state index in [1.54, 1.807) is 11.1 Å². The van der Waals surface area contributed by atoms with Crippen molar-refractivity contribution in [2.45, 2.75) is 38.3 Å². The third-order valence-electron chi connectivity index (χ3n) is 6.69. The van der Waals surface area contributed by atoms with Crippen LogP contribution in [-0.4, -0.2) is 31.3 Å². The highest BCUT2D eigenvalue weighted by molar-refractivity contribution is 5.87. The lowest BCUT2D eigenvalue weighted by Gasteiger charge is -2.28. The monoisotopic (exact) mass is 333 g/mol. The Labute approximate surface area is 150 Å². The number of hydrogen-bond donors (Lipinski definition) is 0. The summed E-state index contributed by atoms with van der Waals surface area (Å²) in [5.41, 5.74) is 4.85. The molecule has 3 aliphatic rings. The smallest absolute Gasteiger partial charge is 0.110 e. The minimum Gasteiger partial charge on any atom is -0.366 e. The molecule has 0 N–H and O–H groups in total. The molecule has 2 aromatic rings. The highest BCUT2D eigenvalue weighted by atomic mass is 16.5. The van der Waals surface area contributed by atoms with Gasteiger partial charge in [0.15, 0.2) is 0 Å². The molecule has 2 nitrogen and oxygen atoms in total. The maximum atomic E-state index is 5.72. The molecule has 25 heavy (non-hydrogen) atoms. The van der Waals surface area contributed by atoms with Crippen LogP contribution < -0.4 is 0 Å². The van der Waals surface area contributed by atoms with Crippen LogP contribution in [0.4, 0.5) is 0 Å². The number of rotatable bonds is 4. The zero-order valence-corrected chi connectivity index (χ0v) is 15.1. The predicted octanol–water partition coefficient (Wildman–Crippen LogP) is 5.09. The Bertz CT molecular complexity index is 824. The molecule has 1 heterocycles. The van der Waals surface area contributed by atoms with Gasteiger partial charge in [-0.3, -0.25) is 4.90 Å². The lowest BCUT2D eigenvalue weighted by atomic mass is 9.86. The summed E-state index contributed by atoms with van der Waals surface area (Å²) < 4.78 is 5.72. The third-order valence-corrected chi connectivity index (χ3v) is 6.69. The van der Waals surface area contributed by atoms with E-state index in [-0.39, 0.29) is 0 Å². The van der Waals surface area contributed by atoms with E-state index >= 15 is 0 Å². The summed E-state index contributed by atoms with van der Waals surface area (Å²) in [4.78, 5) is 2.57. The molecule has 0 radical (unpaired) electrons. The zero-order chi connectivity index (χ0) is 16.8. The molecule has 3 atom stereocenters. The third kappa shape index (κ3) is 2.63. The number of benzene rings is 2. The second-order valence-corrected chi connectivity index (χ2v) is 8.01. The van der Waals surface area contributed by atoms with E-state index in [0.717, 1.165) is 18.4 Å². The zero-order valence-electron chi connectivity index (χ0n) is 15.1. The van der Waals surface area contributed by atoms with Gasteiger partial charge in [-0.05, 0) is 77.5 Å². The van der Waals surface area contributed by atoms with Gasteiger partial charge in [0, 0.05) is 20.2 Å². The summed E-state index contributed by atoms with van der Waals surface area (Å²) in [5, 5.41) is 2.71. The highest BCUT2D eigenvalue weighted by Crippen LogP contribution is 2.53. The number of hydrogen-bond acceptors (Lipinski definition) is 2. The first-order valence-corrected chi connectivity index (χ1v) is 9.82. The van der Waals surface area contributed by atoms with E-state index in [0.29, 0.717) is 6.23 Å². The van der Waals surface area contributed by atoms with Crippen LogP contribution in [0.2, 0.25) is 0 Å². The maximum absolute atomic E-state index is 5.72. The van der Waals surface area contributed by atoms with Crippen LogP contribution in [0.5, 0.6) is 0 Å². The van der Waals surface area contributed by atoms with Gasteiger partial charge in [-0.2, -0.15) is 0 Å². The molecule has 2 fully saturated rings. The van der Waals surface area contributed by atoms with E-state index in [2.05, 4.69) is 47.4 Å². The number of fused-ring (bicyclic) bond motifs is 3. The topological polar surface area (TPSA) is 12.5 Å². The Morgan fingerprint density at radius 2 is 1.84 bits per heavy atom. The Balaban J connectivity index is 1.54. The average molecular weight is 333 g/mol. The van der Waals surface area contributed by atoms with Crippen LogP contribution in [-0.2, 0) is 4.74 Å². The van der Waals surface area contributed by atoms with E-state index in [9.17, 15) is 0 Å². The molecule has 0 spiro atoms. The molecular formula is C23H27NO.